The van der Waals surface area contributed by atoms with E-state index in [4.69, 9.17) is 0 Å². The van der Waals surface area contributed by atoms with Crippen LogP contribution in [-0.4, -0.2) is 11.8 Å². The third-order valence-electron chi connectivity index (χ3n) is 2.23. The van der Waals surface area contributed by atoms with Crippen molar-refractivity contribution in [3.63, 3.8) is 0 Å². The molecular weight excluding hydrogens is 190 g/mol. The number of unbranched alkanes of at least 4 members (excludes halogenated alkanes) is 3. The van der Waals surface area contributed by atoms with Crippen molar-refractivity contribution in [1.29, 1.82) is 0 Å². The maximum Gasteiger partial charge on any atom is 0.239 e. The molecule has 0 saturated carbocycles. The van der Waals surface area contributed by atoms with Crippen LogP contribution in [0.5, 0.6) is 0 Å². The summed E-state index contributed by atoms with van der Waals surface area (Å²) in [7, 11) is 0. The van der Waals surface area contributed by atoms with Crippen LogP contribution in [0.25, 0.3) is 0 Å². The smallest absolute Gasteiger partial charge is 0.239 e. The molecule has 0 spiro atoms. The fourth-order valence-corrected chi connectivity index (χ4v) is 1.37. The van der Waals surface area contributed by atoms with E-state index in [-0.39, 0.29) is 30.1 Å². The Balaban J connectivity index is 0.00000144. The maximum absolute atomic E-state index is 10.8. The first-order valence-electron chi connectivity index (χ1n) is 4.60. The van der Waals surface area contributed by atoms with Gasteiger partial charge < -0.3 is 0 Å². The van der Waals surface area contributed by atoms with E-state index in [1.807, 2.05) is 0 Å². The minimum absolute atomic E-state index is 0. The molecule has 0 radical (unpaired) electrons. The molecule has 0 bridgehead atoms. The lowest BCUT2D eigenvalue weighted by Gasteiger charge is -2.23. The fourth-order valence-electron chi connectivity index (χ4n) is 1.37. The Hall–Kier alpha value is -0.570. The van der Waals surface area contributed by atoms with E-state index >= 15 is 0 Å². The van der Waals surface area contributed by atoms with Crippen LogP contribution in [0.1, 0.15) is 39.0 Å². The summed E-state index contributed by atoms with van der Waals surface area (Å²) in [6, 6.07) is 0. The van der Waals surface area contributed by atoms with Gasteiger partial charge in [0.2, 0.25) is 11.8 Å². The van der Waals surface area contributed by atoms with Crippen molar-refractivity contribution in [2.75, 3.05) is 0 Å². The number of carbonyl (C=O) groups is 2. The second-order valence-electron chi connectivity index (χ2n) is 3.26. The number of carbonyl (C=O) groups excluding carboxylic acids is 2. The zero-order valence-corrected chi connectivity index (χ0v) is 8.65. The van der Waals surface area contributed by atoms with Crippen molar-refractivity contribution in [1.82, 2.24) is 5.32 Å². The topological polar surface area (TPSA) is 46.2 Å². The number of amides is 2. The third-order valence-corrected chi connectivity index (χ3v) is 2.23. The molecule has 1 fully saturated rings. The van der Waals surface area contributed by atoms with Crippen LogP contribution in [0.2, 0.25) is 0 Å². The molecule has 1 saturated heterocycles. The Bertz CT molecular complexity index is 180. The first kappa shape index (κ1) is 12.4. The lowest BCUT2D eigenvalue weighted by molar-refractivity contribution is -0.148. The van der Waals surface area contributed by atoms with Crippen LogP contribution >= 0.6 is 12.4 Å². The van der Waals surface area contributed by atoms with E-state index in [0.29, 0.717) is 0 Å². The Morgan fingerprint density at radius 3 is 2.23 bits per heavy atom. The number of β-lactam (4-membered cyclic amide) rings is 2. The largest absolute Gasteiger partial charge is 0.295 e. The van der Waals surface area contributed by atoms with Gasteiger partial charge >= 0.3 is 0 Å². The Labute approximate surface area is 84.7 Å². The van der Waals surface area contributed by atoms with Crippen molar-refractivity contribution in [3.05, 3.63) is 0 Å². The minimum atomic E-state index is -0.318. The SMILES string of the molecule is CCCCCCC1C(=O)NC1=O.Cl. The van der Waals surface area contributed by atoms with Crippen LogP contribution < -0.4 is 5.32 Å². The van der Waals surface area contributed by atoms with Crippen LogP contribution in [0.15, 0.2) is 0 Å². The summed E-state index contributed by atoms with van der Waals surface area (Å²) in [6.07, 6.45) is 5.25. The van der Waals surface area contributed by atoms with Gasteiger partial charge in [0.15, 0.2) is 0 Å². The quantitative estimate of drug-likeness (QED) is 0.422. The number of nitrogens with one attached hydrogen (secondary N) is 1. The standard InChI is InChI=1S/C9H15NO2.ClH/c1-2-3-4-5-6-7-8(11)10-9(7)12;/h7H,2-6H2,1H3,(H,10,11,12);1H. The molecule has 0 aliphatic carbocycles. The molecular formula is C9H16ClNO2. The summed E-state index contributed by atoms with van der Waals surface area (Å²) in [5.74, 6) is -0.491. The molecule has 13 heavy (non-hydrogen) atoms. The first-order valence-corrected chi connectivity index (χ1v) is 4.60. The summed E-state index contributed by atoms with van der Waals surface area (Å²) < 4.78 is 0. The zero-order chi connectivity index (χ0) is 8.97. The van der Waals surface area contributed by atoms with Gasteiger partial charge in [0.25, 0.3) is 0 Å². The summed E-state index contributed by atoms with van der Waals surface area (Å²) in [6.45, 7) is 2.14. The molecule has 76 valence electrons. The number of hydrogen-bond donors (Lipinski definition) is 1. The van der Waals surface area contributed by atoms with E-state index in [1.54, 1.807) is 0 Å². The molecule has 0 aromatic rings. The Morgan fingerprint density at radius 1 is 1.15 bits per heavy atom. The zero-order valence-electron chi connectivity index (χ0n) is 7.84. The van der Waals surface area contributed by atoms with Gasteiger partial charge in [-0.15, -0.1) is 12.4 Å². The maximum atomic E-state index is 10.8. The highest BCUT2D eigenvalue weighted by molar-refractivity contribution is 6.17. The van der Waals surface area contributed by atoms with Gasteiger partial charge in [-0.1, -0.05) is 32.6 Å². The second kappa shape index (κ2) is 5.97. The second-order valence-corrected chi connectivity index (χ2v) is 3.26. The minimum Gasteiger partial charge on any atom is -0.295 e. The fraction of sp³-hybridized carbons (Fsp3) is 0.778. The van der Waals surface area contributed by atoms with Crippen molar-refractivity contribution >= 4 is 24.2 Å². The highest BCUT2D eigenvalue weighted by Gasteiger charge is 2.36. The number of hydrogen-bond acceptors (Lipinski definition) is 2. The van der Waals surface area contributed by atoms with Crippen molar-refractivity contribution < 1.29 is 9.59 Å². The van der Waals surface area contributed by atoms with Crippen molar-refractivity contribution in [2.45, 2.75) is 39.0 Å². The van der Waals surface area contributed by atoms with Crippen molar-refractivity contribution in [2.24, 2.45) is 5.92 Å². The summed E-state index contributed by atoms with van der Waals surface area (Å²) in [5, 5.41) is 2.22. The van der Waals surface area contributed by atoms with Gasteiger partial charge in [0.05, 0.1) is 0 Å². The number of imide groups is 1. The normalized spacial score (nSPS) is 16.1. The highest BCUT2D eigenvalue weighted by atomic mass is 35.5. The molecule has 4 heteroatoms. The molecule has 3 nitrogen and oxygen atoms in total. The average Bonchev–Trinajstić information content (AvgIpc) is 2.04. The molecule has 2 amide bonds. The van der Waals surface area contributed by atoms with Gasteiger partial charge in [-0.05, 0) is 6.42 Å². The first-order chi connectivity index (χ1) is 5.75. The van der Waals surface area contributed by atoms with Gasteiger partial charge in [-0.3, -0.25) is 14.9 Å². The summed E-state index contributed by atoms with van der Waals surface area (Å²) >= 11 is 0. The molecule has 1 rings (SSSR count). The van der Waals surface area contributed by atoms with Crippen LogP contribution in [-0.2, 0) is 9.59 Å². The van der Waals surface area contributed by atoms with Crippen molar-refractivity contribution in [3.8, 4) is 0 Å². The van der Waals surface area contributed by atoms with E-state index in [0.717, 1.165) is 19.3 Å². The summed E-state index contributed by atoms with van der Waals surface area (Å²) in [4.78, 5) is 21.5. The lowest BCUT2D eigenvalue weighted by atomic mass is 9.94. The van der Waals surface area contributed by atoms with Crippen LogP contribution in [0.3, 0.4) is 0 Å². The van der Waals surface area contributed by atoms with Gasteiger partial charge in [-0.25, -0.2) is 0 Å². The number of rotatable bonds is 5. The number of halogens is 1. The average molecular weight is 206 g/mol. The molecule has 0 unspecified atom stereocenters. The molecule has 1 N–H and O–H groups in total. The lowest BCUT2D eigenvalue weighted by Crippen LogP contribution is -2.54. The molecule has 0 aromatic heterocycles. The van der Waals surface area contributed by atoms with Gasteiger partial charge in [0.1, 0.15) is 5.92 Å². The Kier molecular flexibility index (Phi) is 5.71. The Morgan fingerprint density at radius 2 is 1.77 bits per heavy atom. The van der Waals surface area contributed by atoms with E-state index in [9.17, 15) is 9.59 Å². The van der Waals surface area contributed by atoms with Gasteiger partial charge in [0, 0.05) is 0 Å². The molecule has 0 atom stereocenters. The predicted octanol–water partition coefficient (Wildman–Crippen LogP) is 1.65. The molecule has 1 heterocycles. The monoisotopic (exact) mass is 205 g/mol. The van der Waals surface area contributed by atoms with Crippen LogP contribution in [0, 0.1) is 5.92 Å². The van der Waals surface area contributed by atoms with Crippen LogP contribution in [0.4, 0.5) is 0 Å². The molecule has 1 aliphatic heterocycles. The van der Waals surface area contributed by atoms with E-state index in [1.165, 1.54) is 12.8 Å². The summed E-state index contributed by atoms with van der Waals surface area (Å²) in [5.41, 5.74) is 0. The van der Waals surface area contributed by atoms with E-state index in [2.05, 4.69) is 12.2 Å². The highest BCUT2D eigenvalue weighted by Crippen LogP contribution is 2.16. The molecule has 1 aliphatic rings. The predicted molar refractivity (Wildman–Crippen MR) is 52.6 cm³/mol. The third kappa shape index (κ3) is 3.35. The van der Waals surface area contributed by atoms with Gasteiger partial charge in [-0.2, -0.15) is 0 Å². The van der Waals surface area contributed by atoms with E-state index < -0.39 is 0 Å². The molecule has 0 aromatic carbocycles.